The second kappa shape index (κ2) is 6.44. The van der Waals surface area contributed by atoms with Gasteiger partial charge in [-0.25, -0.2) is 0 Å². The fourth-order valence-corrected chi connectivity index (χ4v) is 2.75. The van der Waals surface area contributed by atoms with Crippen LogP contribution in [0.5, 0.6) is 17.2 Å². The third-order valence-corrected chi connectivity index (χ3v) is 3.96. The minimum Gasteiger partial charge on any atom is -0.546 e. The normalized spacial score (nSPS) is 12.8. The molecule has 2 aromatic carbocycles. The second-order valence-corrected chi connectivity index (χ2v) is 5.66. The zero-order chi connectivity index (χ0) is 18.1. The van der Waals surface area contributed by atoms with Gasteiger partial charge in [-0.3, -0.25) is 4.79 Å². The van der Waals surface area contributed by atoms with Gasteiger partial charge in [-0.2, -0.15) is 0 Å². The van der Waals surface area contributed by atoms with E-state index in [1.54, 1.807) is 18.2 Å². The lowest BCUT2D eigenvalue weighted by Crippen LogP contribution is -2.28. The first-order valence-electron chi connectivity index (χ1n) is 7.90. The summed E-state index contributed by atoms with van der Waals surface area (Å²) in [6, 6.07) is 9.77. The van der Waals surface area contributed by atoms with Crippen molar-refractivity contribution in [3.05, 3.63) is 52.9 Å². The van der Waals surface area contributed by atoms with Crippen LogP contribution in [0.3, 0.4) is 0 Å². The lowest BCUT2D eigenvalue weighted by Gasteiger charge is -2.18. The average Bonchev–Trinajstić information content (AvgIpc) is 2.66. The molecule has 0 fully saturated rings. The summed E-state index contributed by atoms with van der Waals surface area (Å²) < 4.78 is 21.6. The van der Waals surface area contributed by atoms with Crippen LogP contribution in [0.15, 0.2) is 51.9 Å². The molecule has 1 aliphatic rings. The van der Waals surface area contributed by atoms with Gasteiger partial charge in [-0.05, 0) is 29.8 Å². The molecule has 0 N–H and O–H groups in total. The van der Waals surface area contributed by atoms with Crippen LogP contribution in [0.4, 0.5) is 0 Å². The molecular weight excluding hydrogens is 340 g/mol. The summed E-state index contributed by atoms with van der Waals surface area (Å²) in [5.41, 5.74) is 1.13. The van der Waals surface area contributed by atoms with Crippen molar-refractivity contribution in [2.75, 3.05) is 19.8 Å². The van der Waals surface area contributed by atoms with Gasteiger partial charge in [0.05, 0.1) is 16.9 Å². The van der Waals surface area contributed by atoms with Crippen LogP contribution in [0.2, 0.25) is 0 Å². The number of carbonyl (C=O) groups is 1. The number of hydrogen-bond acceptors (Lipinski definition) is 7. The number of aliphatic carboxylic acids is 1. The Hall–Kier alpha value is -3.48. The molecule has 0 amide bonds. The molecule has 0 spiro atoms. The summed E-state index contributed by atoms with van der Waals surface area (Å²) in [5.74, 6) is 0.164. The van der Waals surface area contributed by atoms with Crippen molar-refractivity contribution in [3.63, 3.8) is 0 Å². The largest absolute Gasteiger partial charge is 0.546 e. The van der Waals surface area contributed by atoms with E-state index in [-0.39, 0.29) is 11.2 Å². The third-order valence-electron chi connectivity index (χ3n) is 3.96. The van der Waals surface area contributed by atoms with Crippen molar-refractivity contribution in [2.24, 2.45) is 0 Å². The first-order valence-corrected chi connectivity index (χ1v) is 7.90. The van der Waals surface area contributed by atoms with E-state index in [1.807, 2.05) is 0 Å². The fraction of sp³-hybridized carbons (Fsp3) is 0.158. The Balaban J connectivity index is 1.73. The Morgan fingerprint density at radius 2 is 1.88 bits per heavy atom. The van der Waals surface area contributed by atoms with Crippen molar-refractivity contribution in [2.45, 2.75) is 0 Å². The molecule has 1 aliphatic heterocycles. The smallest absolute Gasteiger partial charge is 0.200 e. The van der Waals surface area contributed by atoms with Crippen LogP contribution in [0.25, 0.3) is 22.1 Å². The number of hydrogen-bond donors (Lipinski definition) is 0. The molecule has 132 valence electrons. The lowest BCUT2D eigenvalue weighted by molar-refractivity contribution is -0.307. The summed E-state index contributed by atoms with van der Waals surface area (Å²) in [6.45, 7) is 0.370. The van der Waals surface area contributed by atoms with E-state index in [4.69, 9.17) is 18.6 Å². The number of fused-ring (bicyclic) bond motifs is 2. The molecule has 0 saturated heterocycles. The van der Waals surface area contributed by atoms with E-state index in [1.165, 1.54) is 24.5 Å². The molecule has 7 heteroatoms. The van der Waals surface area contributed by atoms with Crippen molar-refractivity contribution >= 4 is 16.9 Å². The number of carbonyl (C=O) groups excluding carboxylic acids is 1. The van der Waals surface area contributed by atoms with E-state index < -0.39 is 12.6 Å². The molecule has 26 heavy (non-hydrogen) atoms. The van der Waals surface area contributed by atoms with Gasteiger partial charge < -0.3 is 28.5 Å². The minimum absolute atomic E-state index is 0.214. The predicted octanol–water partition coefficient (Wildman–Crippen LogP) is 1.36. The SMILES string of the molecule is O=C([O-])COc1ccc2c(=O)c(-c3ccc4c(c3)OCCO4)coc2c1. The number of carboxylic acid groups (broad SMARTS) is 1. The molecule has 0 aliphatic carbocycles. The highest BCUT2D eigenvalue weighted by atomic mass is 16.6. The summed E-state index contributed by atoms with van der Waals surface area (Å²) in [4.78, 5) is 23.3. The number of benzene rings is 2. The molecule has 0 unspecified atom stereocenters. The molecule has 0 radical (unpaired) electrons. The van der Waals surface area contributed by atoms with Gasteiger partial charge in [0.15, 0.2) is 16.9 Å². The highest BCUT2D eigenvalue weighted by molar-refractivity contribution is 5.83. The van der Waals surface area contributed by atoms with E-state index in [9.17, 15) is 14.7 Å². The Morgan fingerprint density at radius 1 is 1.08 bits per heavy atom. The van der Waals surface area contributed by atoms with Crippen LogP contribution < -0.4 is 24.7 Å². The van der Waals surface area contributed by atoms with Crippen LogP contribution >= 0.6 is 0 Å². The maximum absolute atomic E-state index is 12.8. The summed E-state index contributed by atoms with van der Waals surface area (Å²) in [5, 5.41) is 10.8. The molecule has 4 rings (SSSR count). The molecule has 7 nitrogen and oxygen atoms in total. The minimum atomic E-state index is -1.33. The number of carboxylic acids is 1. The average molecular weight is 353 g/mol. The van der Waals surface area contributed by atoms with Crippen molar-refractivity contribution < 1.29 is 28.5 Å². The van der Waals surface area contributed by atoms with Crippen molar-refractivity contribution in [1.82, 2.24) is 0 Å². The molecule has 0 bridgehead atoms. The van der Waals surface area contributed by atoms with Gasteiger partial charge in [0, 0.05) is 6.07 Å². The number of rotatable bonds is 4. The van der Waals surface area contributed by atoms with E-state index in [0.29, 0.717) is 46.8 Å². The summed E-state index contributed by atoms with van der Waals surface area (Å²) in [6.07, 6.45) is 1.36. The highest BCUT2D eigenvalue weighted by Gasteiger charge is 2.15. The van der Waals surface area contributed by atoms with Crippen LogP contribution in [0.1, 0.15) is 0 Å². The summed E-state index contributed by atoms with van der Waals surface area (Å²) in [7, 11) is 0. The quantitative estimate of drug-likeness (QED) is 0.698. The first kappa shape index (κ1) is 16.0. The van der Waals surface area contributed by atoms with Crippen LogP contribution in [0, 0.1) is 0 Å². The Morgan fingerprint density at radius 3 is 2.69 bits per heavy atom. The zero-order valence-corrected chi connectivity index (χ0v) is 13.5. The van der Waals surface area contributed by atoms with Crippen molar-refractivity contribution in [3.8, 4) is 28.4 Å². The molecule has 2 heterocycles. The maximum Gasteiger partial charge on any atom is 0.200 e. The lowest BCUT2D eigenvalue weighted by atomic mass is 10.0. The van der Waals surface area contributed by atoms with Gasteiger partial charge in [-0.1, -0.05) is 6.07 Å². The zero-order valence-electron chi connectivity index (χ0n) is 13.5. The van der Waals surface area contributed by atoms with E-state index in [2.05, 4.69) is 0 Å². The third kappa shape index (κ3) is 2.95. The predicted molar refractivity (Wildman–Crippen MR) is 89.4 cm³/mol. The van der Waals surface area contributed by atoms with Crippen LogP contribution in [-0.4, -0.2) is 25.8 Å². The van der Waals surface area contributed by atoms with Crippen molar-refractivity contribution in [1.29, 1.82) is 0 Å². The van der Waals surface area contributed by atoms with Crippen LogP contribution in [-0.2, 0) is 4.79 Å². The van der Waals surface area contributed by atoms with E-state index >= 15 is 0 Å². The molecular formula is C19H13O7-. The molecule has 0 atom stereocenters. The Labute approximate surface area is 147 Å². The first-order chi connectivity index (χ1) is 12.6. The fourth-order valence-electron chi connectivity index (χ4n) is 2.75. The summed E-state index contributed by atoms with van der Waals surface area (Å²) >= 11 is 0. The van der Waals surface area contributed by atoms with Gasteiger partial charge in [0.25, 0.3) is 0 Å². The second-order valence-electron chi connectivity index (χ2n) is 5.66. The maximum atomic E-state index is 12.8. The monoisotopic (exact) mass is 353 g/mol. The number of ether oxygens (including phenoxy) is 3. The topological polar surface area (TPSA) is 98.0 Å². The molecule has 0 saturated carbocycles. The van der Waals surface area contributed by atoms with Gasteiger partial charge in [0.1, 0.15) is 37.4 Å². The highest BCUT2D eigenvalue weighted by Crippen LogP contribution is 2.34. The standard InChI is InChI=1S/C19H14O7/c20-18(21)10-25-12-2-3-13-16(8-12)26-9-14(19(13)22)11-1-4-15-17(7-11)24-6-5-23-15/h1-4,7-9H,5-6,10H2,(H,20,21)/p-1. The Bertz CT molecular complexity index is 1050. The van der Waals surface area contributed by atoms with Gasteiger partial charge in [-0.15, -0.1) is 0 Å². The van der Waals surface area contributed by atoms with E-state index in [0.717, 1.165) is 0 Å². The molecule has 3 aromatic rings. The molecule has 1 aromatic heterocycles. The van der Waals surface area contributed by atoms with Gasteiger partial charge in [0.2, 0.25) is 0 Å². The van der Waals surface area contributed by atoms with Gasteiger partial charge >= 0.3 is 0 Å². The Kier molecular flexibility index (Phi) is 3.96.